The monoisotopic (exact) mass is 665 g/mol. The van der Waals surface area contributed by atoms with Crippen molar-refractivity contribution < 1.29 is 33.7 Å². The van der Waals surface area contributed by atoms with Crippen LogP contribution < -0.4 is 5.32 Å². The molecule has 1 aromatic heterocycles. The maximum absolute atomic E-state index is 13.3. The van der Waals surface area contributed by atoms with Gasteiger partial charge in [-0.1, -0.05) is 78.9 Å². The van der Waals surface area contributed by atoms with Crippen LogP contribution in [0.5, 0.6) is 0 Å². The number of imidazole rings is 1. The van der Waals surface area contributed by atoms with Gasteiger partial charge in [0.2, 0.25) is 0 Å². The molecule has 1 fully saturated rings. The Kier molecular flexibility index (Phi) is 8.25. The van der Waals surface area contributed by atoms with Gasteiger partial charge >= 0.3 is 11.9 Å². The minimum atomic E-state index is -0.810. The Bertz CT molecular complexity index is 2230. The first kappa shape index (κ1) is 31.3. The lowest BCUT2D eigenvalue weighted by Gasteiger charge is -2.43. The van der Waals surface area contributed by atoms with Crippen LogP contribution in [-0.2, 0) is 27.4 Å². The van der Waals surface area contributed by atoms with Gasteiger partial charge in [-0.3, -0.25) is 4.79 Å². The van der Waals surface area contributed by atoms with E-state index in [0.29, 0.717) is 17.8 Å². The average Bonchev–Trinajstić information content (AvgIpc) is 3.70. The molecule has 0 aliphatic carbocycles. The first-order valence-electron chi connectivity index (χ1n) is 16.2. The molecule has 0 spiro atoms. The maximum Gasteiger partial charge on any atom is 0.346 e. The van der Waals surface area contributed by atoms with Crippen molar-refractivity contribution in [2.45, 2.75) is 37.6 Å². The number of aliphatic hydroxyl groups excluding tert-OH is 1. The average molecular weight is 666 g/mol. The molecule has 2 aliphatic rings. The maximum atomic E-state index is 13.3. The van der Waals surface area contributed by atoms with Crippen molar-refractivity contribution >= 4 is 34.6 Å². The summed E-state index contributed by atoms with van der Waals surface area (Å²) in [6.45, 7) is 0.424. The van der Waals surface area contributed by atoms with E-state index in [2.05, 4.69) is 31.7 Å². The summed E-state index contributed by atoms with van der Waals surface area (Å²) < 4.78 is 20.5. The second-order valence-electron chi connectivity index (χ2n) is 12.3. The molecule has 10 nitrogen and oxygen atoms in total. The van der Waals surface area contributed by atoms with Crippen LogP contribution in [0, 0.1) is 0 Å². The van der Waals surface area contributed by atoms with Gasteiger partial charge in [0.15, 0.2) is 6.29 Å². The number of hydrogen-bond donors (Lipinski definition) is 2. The predicted octanol–water partition coefficient (Wildman–Crippen LogP) is 6.73. The van der Waals surface area contributed by atoms with Crippen LogP contribution in [0.2, 0.25) is 0 Å². The second kappa shape index (κ2) is 13.2. The normalized spacial score (nSPS) is 20.0. The molecule has 2 aliphatic heterocycles. The van der Waals surface area contributed by atoms with Gasteiger partial charge in [0.05, 0.1) is 53.8 Å². The van der Waals surface area contributed by atoms with E-state index < -0.39 is 30.2 Å². The standard InChI is InChI=1S/C40H31N3O7/c44-22-24-13-15-26(16-14-24)36-35(25-7-2-1-3-8-25)34(21-43-23-41-32-11-4-5-12-33(32)43)48-40(49-36)28-9-6-10-29(19-28)42-37(45)27-17-18-30-31(20-27)39(47)50-38(30)46/h1-20,23,34-36,40,44H,21-22H2,(H,42,45). The lowest BCUT2D eigenvalue weighted by Crippen LogP contribution is -2.39. The zero-order valence-corrected chi connectivity index (χ0v) is 26.6. The molecule has 6 aromatic rings. The third-order valence-corrected chi connectivity index (χ3v) is 9.20. The van der Waals surface area contributed by atoms with Gasteiger partial charge in [0.25, 0.3) is 5.91 Å². The fourth-order valence-corrected chi connectivity index (χ4v) is 6.71. The van der Waals surface area contributed by atoms with Gasteiger partial charge in [-0.25, -0.2) is 14.6 Å². The number of fused-ring (bicyclic) bond motifs is 2. The van der Waals surface area contributed by atoms with Crippen LogP contribution in [0.1, 0.15) is 71.6 Å². The van der Waals surface area contributed by atoms with Crippen LogP contribution in [-0.4, -0.2) is 38.6 Å². The Hall–Kier alpha value is -5.94. The van der Waals surface area contributed by atoms with E-state index in [0.717, 1.165) is 27.7 Å². The molecule has 50 heavy (non-hydrogen) atoms. The summed E-state index contributed by atoms with van der Waals surface area (Å²) in [6, 6.07) is 37.4. The van der Waals surface area contributed by atoms with E-state index in [1.54, 1.807) is 12.1 Å². The number of aliphatic hydroxyl groups is 1. The number of nitrogens with one attached hydrogen (secondary N) is 1. The fraction of sp³-hybridized carbons (Fsp3) is 0.150. The SMILES string of the molecule is O=C(Nc1cccc(C2OC(Cn3cnc4ccccc43)C(c3ccccc3)C(c3ccc(CO)cc3)O2)c1)c1ccc2c(c1)C(=O)OC2=O. The predicted molar refractivity (Wildman–Crippen MR) is 183 cm³/mol. The summed E-state index contributed by atoms with van der Waals surface area (Å²) >= 11 is 0. The Morgan fingerprint density at radius 1 is 0.760 bits per heavy atom. The zero-order chi connectivity index (χ0) is 34.2. The molecule has 0 radical (unpaired) electrons. The molecule has 8 rings (SSSR count). The molecule has 4 unspecified atom stereocenters. The number of esters is 2. The van der Waals surface area contributed by atoms with Gasteiger partial charge in [0.1, 0.15) is 0 Å². The highest BCUT2D eigenvalue weighted by molar-refractivity contribution is 6.16. The summed E-state index contributed by atoms with van der Waals surface area (Å²) in [5.41, 5.74) is 6.24. The molecular weight excluding hydrogens is 634 g/mol. The highest BCUT2D eigenvalue weighted by Crippen LogP contribution is 2.47. The number of amides is 1. The fourth-order valence-electron chi connectivity index (χ4n) is 6.71. The molecule has 0 bridgehead atoms. The molecule has 0 saturated carbocycles. The summed E-state index contributed by atoms with van der Waals surface area (Å²) in [5, 5.41) is 12.6. The van der Waals surface area contributed by atoms with Gasteiger partial charge in [-0.15, -0.1) is 0 Å². The van der Waals surface area contributed by atoms with Crippen LogP contribution in [0.25, 0.3) is 11.0 Å². The van der Waals surface area contributed by atoms with Crippen molar-refractivity contribution in [2.24, 2.45) is 0 Å². The molecular formula is C40H31N3O7. The third kappa shape index (κ3) is 5.96. The van der Waals surface area contributed by atoms with Crippen molar-refractivity contribution in [3.8, 4) is 0 Å². The molecule has 1 saturated heterocycles. The van der Waals surface area contributed by atoms with Crippen LogP contribution in [0.15, 0.2) is 128 Å². The smallest absolute Gasteiger partial charge is 0.346 e. The van der Waals surface area contributed by atoms with Gasteiger partial charge < -0.3 is 29.2 Å². The Balaban J connectivity index is 1.14. The Morgan fingerprint density at radius 3 is 2.34 bits per heavy atom. The van der Waals surface area contributed by atoms with Crippen molar-refractivity contribution in [3.63, 3.8) is 0 Å². The second-order valence-corrected chi connectivity index (χ2v) is 12.3. The van der Waals surface area contributed by atoms with E-state index in [1.165, 1.54) is 18.2 Å². The number of para-hydroxylation sites is 2. The number of carbonyl (C=O) groups is 3. The molecule has 3 heterocycles. The van der Waals surface area contributed by atoms with Crippen LogP contribution in [0.3, 0.4) is 0 Å². The van der Waals surface area contributed by atoms with Gasteiger partial charge in [0, 0.05) is 22.7 Å². The summed E-state index contributed by atoms with van der Waals surface area (Å²) in [6.07, 6.45) is 0.213. The highest BCUT2D eigenvalue weighted by atomic mass is 16.7. The number of carbonyl (C=O) groups excluding carboxylic acids is 3. The molecule has 1 amide bonds. The molecule has 248 valence electrons. The number of ether oxygens (including phenoxy) is 3. The van der Waals surface area contributed by atoms with E-state index in [4.69, 9.17) is 9.47 Å². The van der Waals surface area contributed by atoms with Crippen molar-refractivity contribution in [1.29, 1.82) is 0 Å². The minimum Gasteiger partial charge on any atom is -0.392 e. The molecule has 10 heteroatoms. The van der Waals surface area contributed by atoms with Gasteiger partial charge in [-0.05, 0) is 59.2 Å². The van der Waals surface area contributed by atoms with E-state index in [1.807, 2.05) is 85.2 Å². The largest absolute Gasteiger partial charge is 0.392 e. The minimum absolute atomic E-state index is 0.0585. The number of rotatable bonds is 8. The summed E-state index contributed by atoms with van der Waals surface area (Å²) in [4.78, 5) is 41.8. The molecule has 4 atom stereocenters. The quantitative estimate of drug-likeness (QED) is 0.135. The van der Waals surface area contributed by atoms with E-state index in [-0.39, 0.29) is 35.3 Å². The summed E-state index contributed by atoms with van der Waals surface area (Å²) in [5.74, 6) is -2.18. The number of benzene rings is 5. The topological polar surface area (TPSA) is 129 Å². The van der Waals surface area contributed by atoms with Crippen molar-refractivity contribution in [2.75, 3.05) is 5.32 Å². The summed E-state index contributed by atoms with van der Waals surface area (Å²) in [7, 11) is 0. The number of cyclic esters (lactones) is 2. The van der Waals surface area contributed by atoms with Crippen LogP contribution >= 0.6 is 0 Å². The zero-order valence-electron chi connectivity index (χ0n) is 26.6. The van der Waals surface area contributed by atoms with E-state index >= 15 is 0 Å². The lowest BCUT2D eigenvalue weighted by atomic mass is 9.83. The van der Waals surface area contributed by atoms with Crippen LogP contribution in [0.4, 0.5) is 5.69 Å². The van der Waals surface area contributed by atoms with Crippen molar-refractivity contribution in [1.82, 2.24) is 9.55 Å². The Morgan fingerprint density at radius 2 is 1.52 bits per heavy atom. The molecule has 2 N–H and O–H groups in total. The van der Waals surface area contributed by atoms with E-state index in [9.17, 15) is 19.5 Å². The molecule has 5 aromatic carbocycles. The number of nitrogens with zero attached hydrogens (tertiary/aromatic N) is 2. The Labute approximate surface area is 286 Å². The number of anilines is 1. The first-order chi connectivity index (χ1) is 24.4. The first-order valence-corrected chi connectivity index (χ1v) is 16.2. The van der Waals surface area contributed by atoms with Crippen molar-refractivity contribution in [3.05, 3.63) is 167 Å². The lowest BCUT2D eigenvalue weighted by molar-refractivity contribution is -0.263. The number of hydrogen-bond acceptors (Lipinski definition) is 8. The third-order valence-electron chi connectivity index (χ3n) is 9.20. The number of aromatic nitrogens is 2. The van der Waals surface area contributed by atoms with Gasteiger partial charge in [-0.2, -0.15) is 0 Å². The highest BCUT2D eigenvalue weighted by Gasteiger charge is 2.42.